The van der Waals surface area contributed by atoms with Crippen molar-refractivity contribution in [2.45, 2.75) is 26.4 Å². The van der Waals surface area contributed by atoms with Gasteiger partial charge in [-0.1, -0.05) is 26.0 Å². The van der Waals surface area contributed by atoms with Crippen LogP contribution in [0.5, 0.6) is 5.75 Å². The summed E-state index contributed by atoms with van der Waals surface area (Å²) >= 11 is 1.64. The number of anilines is 2. The zero-order valence-electron chi connectivity index (χ0n) is 12.4. The van der Waals surface area contributed by atoms with Gasteiger partial charge >= 0.3 is 0 Å². The third-order valence-electron chi connectivity index (χ3n) is 2.96. The molecule has 0 amide bonds. The van der Waals surface area contributed by atoms with Gasteiger partial charge < -0.3 is 15.0 Å². The van der Waals surface area contributed by atoms with E-state index < -0.39 is 0 Å². The van der Waals surface area contributed by atoms with Crippen LogP contribution in [0, 0.1) is 0 Å². The van der Waals surface area contributed by atoms with Gasteiger partial charge in [-0.3, -0.25) is 0 Å². The van der Waals surface area contributed by atoms with Crippen LogP contribution in [0.15, 0.2) is 29.6 Å². The van der Waals surface area contributed by atoms with E-state index in [1.165, 1.54) is 0 Å². The van der Waals surface area contributed by atoms with E-state index in [-0.39, 0.29) is 0 Å². The van der Waals surface area contributed by atoms with Gasteiger partial charge in [-0.15, -0.1) is 11.3 Å². The van der Waals surface area contributed by atoms with Crippen molar-refractivity contribution in [2.75, 3.05) is 19.1 Å². The summed E-state index contributed by atoms with van der Waals surface area (Å²) in [7, 11) is 3.70. The second-order valence-electron chi connectivity index (χ2n) is 4.89. The maximum Gasteiger partial charge on any atom is 0.189 e. The summed E-state index contributed by atoms with van der Waals surface area (Å²) in [5, 5.41) is 6.44. The van der Waals surface area contributed by atoms with Crippen molar-refractivity contribution in [3.05, 3.63) is 35.3 Å². The molecule has 108 valence electrons. The molecule has 0 unspecified atom stereocenters. The molecule has 0 radical (unpaired) electrons. The maximum absolute atomic E-state index is 5.40. The molecule has 2 rings (SSSR count). The summed E-state index contributed by atoms with van der Waals surface area (Å²) < 4.78 is 5.40. The first-order valence-corrected chi connectivity index (χ1v) is 7.54. The third kappa shape index (κ3) is 3.49. The van der Waals surface area contributed by atoms with E-state index in [2.05, 4.69) is 34.4 Å². The van der Waals surface area contributed by atoms with Crippen LogP contribution in [0.25, 0.3) is 0 Å². The van der Waals surface area contributed by atoms with Gasteiger partial charge in [0, 0.05) is 25.0 Å². The molecule has 1 N–H and O–H groups in total. The summed E-state index contributed by atoms with van der Waals surface area (Å²) in [5.74, 6) is 0.854. The number of ether oxygens (including phenoxy) is 1. The third-order valence-corrected chi connectivity index (χ3v) is 3.93. The summed E-state index contributed by atoms with van der Waals surface area (Å²) in [6, 6.07) is 8.43. The minimum atomic E-state index is 0.465. The molecule has 1 aromatic carbocycles. The van der Waals surface area contributed by atoms with E-state index in [4.69, 9.17) is 4.74 Å². The standard InChI is InChI=1S/C15H21N3OS/c1-11(2)16-9-12-10-20-15(17-12)18(3)13-7-5-6-8-14(13)19-4/h5-8,10-11,16H,9H2,1-4H3. The molecule has 0 bridgehead atoms. The molecular weight excluding hydrogens is 270 g/mol. The predicted octanol–water partition coefficient (Wildman–Crippen LogP) is 3.42. The van der Waals surface area contributed by atoms with E-state index in [1.54, 1.807) is 18.4 Å². The van der Waals surface area contributed by atoms with Crippen molar-refractivity contribution in [1.29, 1.82) is 0 Å². The Hall–Kier alpha value is -1.59. The predicted molar refractivity (Wildman–Crippen MR) is 85.1 cm³/mol. The maximum atomic E-state index is 5.40. The number of aromatic nitrogens is 1. The van der Waals surface area contributed by atoms with Crippen molar-refractivity contribution in [3.63, 3.8) is 0 Å². The van der Waals surface area contributed by atoms with Crippen LogP contribution in [0.1, 0.15) is 19.5 Å². The highest BCUT2D eigenvalue weighted by molar-refractivity contribution is 7.13. The zero-order valence-corrected chi connectivity index (χ0v) is 13.2. The topological polar surface area (TPSA) is 37.4 Å². The van der Waals surface area contributed by atoms with E-state index >= 15 is 0 Å². The number of rotatable bonds is 6. The van der Waals surface area contributed by atoms with Gasteiger partial charge in [-0.25, -0.2) is 4.98 Å². The van der Waals surface area contributed by atoms with E-state index in [0.717, 1.165) is 28.8 Å². The minimum Gasteiger partial charge on any atom is -0.495 e. The fourth-order valence-electron chi connectivity index (χ4n) is 1.85. The van der Waals surface area contributed by atoms with Gasteiger partial charge in [-0.05, 0) is 12.1 Å². The SMILES string of the molecule is COc1ccccc1N(C)c1nc(CNC(C)C)cs1. The zero-order chi connectivity index (χ0) is 14.5. The van der Waals surface area contributed by atoms with Crippen molar-refractivity contribution < 1.29 is 4.74 Å². The highest BCUT2D eigenvalue weighted by Crippen LogP contribution is 2.33. The van der Waals surface area contributed by atoms with Crippen LogP contribution < -0.4 is 15.0 Å². The molecule has 1 aromatic heterocycles. The van der Waals surface area contributed by atoms with Gasteiger partial charge in [0.15, 0.2) is 5.13 Å². The largest absolute Gasteiger partial charge is 0.495 e. The average molecular weight is 291 g/mol. The fraction of sp³-hybridized carbons (Fsp3) is 0.400. The second kappa shape index (κ2) is 6.72. The number of methoxy groups -OCH3 is 1. The minimum absolute atomic E-state index is 0.465. The Labute approximate surface area is 124 Å². The monoisotopic (exact) mass is 291 g/mol. The van der Waals surface area contributed by atoms with Crippen LogP contribution in [0.4, 0.5) is 10.8 Å². The lowest BCUT2D eigenvalue weighted by molar-refractivity contribution is 0.415. The normalized spacial score (nSPS) is 10.8. The molecule has 4 nitrogen and oxygen atoms in total. The smallest absolute Gasteiger partial charge is 0.189 e. The Balaban J connectivity index is 2.15. The summed E-state index contributed by atoms with van der Waals surface area (Å²) in [6.07, 6.45) is 0. The number of hydrogen-bond donors (Lipinski definition) is 1. The number of para-hydroxylation sites is 2. The Bertz CT molecular complexity index is 554. The molecule has 0 saturated carbocycles. The number of nitrogens with one attached hydrogen (secondary N) is 1. The van der Waals surface area contributed by atoms with Gasteiger partial charge in [0.05, 0.1) is 18.5 Å². The van der Waals surface area contributed by atoms with Crippen LogP contribution in [0.2, 0.25) is 0 Å². The van der Waals surface area contributed by atoms with Crippen LogP contribution in [-0.2, 0) is 6.54 Å². The average Bonchev–Trinajstić information content (AvgIpc) is 2.93. The Morgan fingerprint density at radius 2 is 2.10 bits per heavy atom. The number of hydrogen-bond acceptors (Lipinski definition) is 5. The van der Waals surface area contributed by atoms with Crippen molar-refractivity contribution in [1.82, 2.24) is 10.3 Å². The Kier molecular flexibility index (Phi) is 4.98. The molecule has 0 aliphatic heterocycles. The molecule has 0 saturated heterocycles. The number of thiazole rings is 1. The lowest BCUT2D eigenvalue weighted by Crippen LogP contribution is -2.22. The lowest BCUT2D eigenvalue weighted by Gasteiger charge is -2.18. The van der Waals surface area contributed by atoms with E-state index in [9.17, 15) is 0 Å². The molecule has 2 aromatic rings. The highest BCUT2D eigenvalue weighted by Gasteiger charge is 2.12. The number of benzene rings is 1. The van der Waals surface area contributed by atoms with Crippen molar-refractivity contribution >= 4 is 22.2 Å². The quantitative estimate of drug-likeness (QED) is 0.885. The van der Waals surface area contributed by atoms with E-state index in [0.29, 0.717) is 6.04 Å². The number of nitrogens with zero attached hydrogens (tertiary/aromatic N) is 2. The molecular formula is C15H21N3OS. The van der Waals surface area contributed by atoms with Gasteiger partial charge in [-0.2, -0.15) is 0 Å². The lowest BCUT2D eigenvalue weighted by atomic mass is 10.3. The molecule has 1 heterocycles. The first-order chi connectivity index (χ1) is 9.61. The molecule has 5 heteroatoms. The van der Waals surface area contributed by atoms with Crippen LogP contribution in [-0.4, -0.2) is 25.2 Å². The molecule has 0 aliphatic carbocycles. The molecule has 0 aliphatic rings. The van der Waals surface area contributed by atoms with Crippen LogP contribution >= 0.6 is 11.3 Å². The summed E-state index contributed by atoms with van der Waals surface area (Å²) in [4.78, 5) is 6.72. The first kappa shape index (κ1) is 14.8. The molecule has 20 heavy (non-hydrogen) atoms. The second-order valence-corrected chi connectivity index (χ2v) is 5.72. The van der Waals surface area contributed by atoms with Gasteiger partial charge in [0.25, 0.3) is 0 Å². The molecule has 0 spiro atoms. The summed E-state index contributed by atoms with van der Waals surface area (Å²) in [5.41, 5.74) is 2.09. The van der Waals surface area contributed by atoms with Gasteiger partial charge in [0.1, 0.15) is 5.75 Å². The Morgan fingerprint density at radius 1 is 1.35 bits per heavy atom. The highest BCUT2D eigenvalue weighted by atomic mass is 32.1. The van der Waals surface area contributed by atoms with Gasteiger partial charge in [0.2, 0.25) is 0 Å². The van der Waals surface area contributed by atoms with Crippen molar-refractivity contribution in [3.8, 4) is 5.75 Å². The van der Waals surface area contributed by atoms with E-state index in [1.807, 2.05) is 31.3 Å². The summed E-state index contributed by atoms with van der Waals surface area (Å²) in [6.45, 7) is 5.07. The van der Waals surface area contributed by atoms with Crippen LogP contribution in [0.3, 0.4) is 0 Å². The Morgan fingerprint density at radius 3 is 2.80 bits per heavy atom. The van der Waals surface area contributed by atoms with Crippen molar-refractivity contribution in [2.24, 2.45) is 0 Å². The first-order valence-electron chi connectivity index (χ1n) is 6.66. The molecule has 0 atom stereocenters. The molecule has 0 fully saturated rings. The fourth-order valence-corrected chi connectivity index (χ4v) is 2.65.